The van der Waals surface area contributed by atoms with Crippen LogP contribution in [-0.4, -0.2) is 38.3 Å². The molecule has 3 heterocycles. The molecular weight excluding hydrogens is 534 g/mol. The molecular formula is C24H22Cl2F3N5O3. The van der Waals surface area contributed by atoms with Crippen LogP contribution in [0.2, 0.25) is 10.0 Å². The highest BCUT2D eigenvalue weighted by atomic mass is 35.5. The van der Waals surface area contributed by atoms with E-state index >= 15 is 0 Å². The molecule has 1 aliphatic heterocycles. The lowest BCUT2D eigenvalue weighted by Gasteiger charge is -2.18. The number of carbonyl (C=O) groups excluding carboxylic acids is 1. The monoisotopic (exact) mass is 555 g/mol. The smallest absolute Gasteiger partial charge is 0.435 e. The third kappa shape index (κ3) is 6.72. The SMILES string of the molecule is O=C(O)C[C@H](NC(=O)c1cn(CCc2ccc3c(n2)NCCC3)nc1C(F)(F)F)c1cc(Cl)cc(Cl)c1. The van der Waals surface area contributed by atoms with Crippen LogP contribution < -0.4 is 10.6 Å². The van der Waals surface area contributed by atoms with Crippen LogP contribution in [0.1, 0.15) is 51.8 Å². The van der Waals surface area contributed by atoms with Crippen LogP contribution in [0.4, 0.5) is 19.0 Å². The standard InChI is InChI=1S/C24H22Cl2F3N5O3/c25-15-8-14(9-16(26)10-15)19(11-20(35)36)32-23(37)18-12-34(33-21(18)24(27,28)29)7-5-17-4-3-13-2-1-6-30-22(13)31-17/h3-4,8-10,12,19H,1-2,5-7,11H2,(H,30,31)(H,32,37)(H,35,36)/t19-/m0/s1. The molecule has 37 heavy (non-hydrogen) atoms. The summed E-state index contributed by atoms with van der Waals surface area (Å²) in [6.45, 7) is 0.852. The Labute approximate surface area is 219 Å². The summed E-state index contributed by atoms with van der Waals surface area (Å²) in [4.78, 5) is 28.9. The number of pyridine rings is 1. The summed E-state index contributed by atoms with van der Waals surface area (Å²) in [7, 11) is 0. The van der Waals surface area contributed by atoms with Crippen molar-refractivity contribution >= 4 is 40.9 Å². The molecule has 0 fully saturated rings. The number of anilines is 1. The van der Waals surface area contributed by atoms with Crippen LogP contribution in [-0.2, 0) is 30.4 Å². The van der Waals surface area contributed by atoms with E-state index in [1.165, 1.54) is 18.2 Å². The minimum atomic E-state index is -4.91. The largest absolute Gasteiger partial charge is 0.481 e. The summed E-state index contributed by atoms with van der Waals surface area (Å²) in [5.41, 5.74) is -0.104. The van der Waals surface area contributed by atoms with Crippen molar-refractivity contribution in [2.75, 3.05) is 11.9 Å². The molecule has 196 valence electrons. The molecule has 1 atom stereocenters. The number of halogens is 5. The van der Waals surface area contributed by atoms with Gasteiger partial charge in [-0.25, -0.2) is 4.98 Å². The van der Waals surface area contributed by atoms with Crippen molar-refractivity contribution in [2.24, 2.45) is 0 Å². The maximum absolute atomic E-state index is 13.7. The van der Waals surface area contributed by atoms with Crippen molar-refractivity contribution in [3.63, 3.8) is 0 Å². The Kier molecular flexibility index (Phi) is 7.93. The van der Waals surface area contributed by atoms with Gasteiger partial charge in [-0.2, -0.15) is 18.3 Å². The van der Waals surface area contributed by atoms with Crippen LogP contribution in [0.25, 0.3) is 0 Å². The number of carboxylic acid groups (broad SMARTS) is 1. The van der Waals surface area contributed by atoms with Gasteiger partial charge in [-0.1, -0.05) is 29.3 Å². The van der Waals surface area contributed by atoms with E-state index in [-0.39, 0.29) is 28.6 Å². The van der Waals surface area contributed by atoms with Crippen molar-refractivity contribution in [2.45, 2.75) is 44.4 Å². The quantitative estimate of drug-likeness (QED) is 0.354. The van der Waals surface area contributed by atoms with E-state index in [9.17, 15) is 27.9 Å². The highest BCUT2D eigenvalue weighted by Crippen LogP contribution is 2.32. The molecule has 0 radical (unpaired) electrons. The second kappa shape index (κ2) is 11.0. The fourth-order valence-electron chi connectivity index (χ4n) is 4.09. The van der Waals surface area contributed by atoms with Gasteiger partial charge in [-0.05, 0) is 48.2 Å². The first kappa shape index (κ1) is 26.7. The van der Waals surface area contributed by atoms with E-state index in [0.29, 0.717) is 5.69 Å². The van der Waals surface area contributed by atoms with E-state index in [1.807, 2.05) is 12.1 Å². The van der Waals surface area contributed by atoms with E-state index in [1.54, 1.807) is 0 Å². The van der Waals surface area contributed by atoms with Crippen LogP contribution >= 0.6 is 23.2 Å². The van der Waals surface area contributed by atoms with Gasteiger partial charge in [0.2, 0.25) is 0 Å². The molecule has 0 aliphatic carbocycles. The van der Waals surface area contributed by atoms with Crippen molar-refractivity contribution in [3.05, 3.63) is 74.7 Å². The number of fused-ring (bicyclic) bond motifs is 1. The molecule has 0 bridgehead atoms. The molecule has 0 saturated carbocycles. The molecule has 4 rings (SSSR count). The molecule has 0 spiro atoms. The first-order valence-electron chi connectivity index (χ1n) is 11.4. The molecule has 1 amide bonds. The molecule has 3 N–H and O–H groups in total. The Morgan fingerprint density at radius 3 is 2.59 bits per heavy atom. The molecule has 2 aromatic heterocycles. The number of hydrogen-bond acceptors (Lipinski definition) is 5. The third-order valence-electron chi connectivity index (χ3n) is 5.80. The van der Waals surface area contributed by atoms with Gasteiger partial charge in [0.25, 0.3) is 5.91 Å². The number of nitrogens with one attached hydrogen (secondary N) is 2. The van der Waals surface area contributed by atoms with Gasteiger partial charge in [0.15, 0.2) is 5.69 Å². The number of nitrogens with zero attached hydrogens (tertiary/aromatic N) is 3. The molecule has 13 heteroatoms. The summed E-state index contributed by atoms with van der Waals surface area (Å²) in [5, 5.41) is 18.8. The van der Waals surface area contributed by atoms with E-state index in [2.05, 4.69) is 20.7 Å². The lowest BCUT2D eigenvalue weighted by atomic mass is 10.0. The first-order chi connectivity index (χ1) is 17.5. The lowest BCUT2D eigenvalue weighted by Crippen LogP contribution is -2.31. The second-order valence-corrected chi connectivity index (χ2v) is 9.44. The van der Waals surface area contributed by atoms with Gasteiger partial charge in [-0.15, -0.1) is 0 Å². The highest BCUT2D eigenvalue weighted by molar-refractivity contribution is 6.34. The Morgan fingerprint density at radius 2 is 1.92 bits per heavy atom. The number of aliphatic carboxylic acids is 1. The minimum absolute atomic E-state index is 0.0462. The van der Waals surface area contributed by atoms with Crippen LogP contribution in [0, 0.1) is 0 Å². The van der Waals surface area contributed by atoms with Crippen molar-refractivity contribution in [1.29, 1.82) is 0 Å². The van der Waals surface area contributed by atoms with Gasteiger partial charge in [0.05, 0.1) is 18.0 Å². The zero-order chi connectivity index (χ0) is 26.7. The number of aromatic nitrogens is 3. The second-order valence-electron chi connectivity index (χ2n) is 8.57. The van der Waals surface area contributed by atoms with Gasteiger partial charge in [-0.3, -0.25) is 14.3 Å². The summed E-state index contributed by atoms with van der Waals surface area (Å²) >= 11 is 12.0. The molecule has 1 aromatic carbocycles. The molecule has 0 saturated heterocycles. The summed E-state index contributed by atoms with van der Waals surface area (Å²) in [6, 6.07) is 6.76. The Balaban J connectivity index is 1.56. The van der Waals surface area contributed by atoms with Gasteiger partial charge < -0.3 is 15.7 Å². The van der Waals surface area contributed by atoms with Crippen molar-refractivity contribution < 1.29 is 27.9 Å². The lowest BCUT2D eigenvalue weighted by molar-refractivity contribution is -0.142. The minimum Gasteiger partial charge on any atom is -0.481 e. The van der Waals surface area contributed by atoms with Gasteiger partial charge in [0, 0.05) is 41.4 Å². The van der Waals surface area contributed by atoms with Crippen LogP contribution in [0.5, 0.6) is 0 Å². The predicted molar refractivity (Wildman–Crippen MR) is 131 cm³/mol. The molecule has 1 aliphatic rings. The summed E-state index contributed by atoms with van der Waals surface area (Å²) in [5.74, 6) is -1.64. The molecule has 8 nitrogen and oxygen atoms in total. The number of alkyl halides is 3. The van der Waals surface area contributed by atoms with E-state index in [0.717, 1.165) is 41.6 Å². The van der Waals surface area contributed by atoms with Crippen molar-refractivity contribution in [1.82, 2.24) is 20.1 Å². The average molecular weight is 556 g/mol. The Hall–Kier alpha value is -3.31. The van der Waals surface area contributed by atoms with E-state index in [4.69, 9.17) is 23.2 Å². The number of hydrogen-bond donors (Lipinski definition) is 3. The first-order valence-corrected chi connectivity index (χ1v) is 12.1. The molecule has 0 unspecified atom stereocenters. The zero-order valence-corrected chi connectivity index (χ0v) is 20.8. The number of carboxylic acids is 1. The number of amides is 1. The normalized spacial score (nSPS) is 14.0. The third-order valence-corrected chi connectivity index (χ3v) is 6.23. The maximum atomic E-state index is 13.7. The Morgan fingerprint density at radius 1 is 1.19 bits per heavy atom. The van der Waals surface area contributed by atoms with Crippen molar-refractivity contribution in [3.8, 4) is 0 Å². The number of carbonyl (C=O) groups is 2. The topological polar surface area (TPSA) is 109 Å². The fourth-order valence-corrected chi connectivity index (χ4v) is 4.63. The number of rotatable bonds is 8. The zero-order valence-electron chi connectivity index (χ0n) is 19.3. The van der Waals surface area contributed by atoms with Crippen LogP contribution in [0.3, 0.4) is 0 Å². The van der Waals surface area contributed by atoms with Gasteiger partial charge >= 0.3 is 12.1 Å². The highest BCUT2D eigenvalue weighted by Gasteiger charge is 2.39. The predicted octanol–water partition coefficient (Wildman–Crippen LogP) is 5.15. The van der Waals surface area contributed by atoms with Gasteiger partial charge in [0.1, 0.15) is 5.82 Å². The van der Waals surface area contributed by atoms with Crippen LogP contribution in [0.15, 0.2) is 36.5 Å². The number of benzene rings is 1. The average Bonchev–Trinajstić information content (AvgIpc) is 3.26. The fraction of sp³-hybridized carbons (Fsp3) is 0.333. The maximum Gasteiger partial charge on any atom is 0.435 e. The summed E-state index contributed by atoms with van der Waals surface area (Å²) in [6.07, 6.45) is -2.31. The van der Waals surface area contributed by atoms with E-state index < -0.39 is 41.8 Å². The Bertz CT molecular complexity index is 1310. The molecule has 3 aromatic rings. The summed E-state index contributed by atoms with van der Waals surface area (Å²) < 4.78 is 42.3. The number of aryl methyl sites for hydroxylation is 3.